The summed E-state index contributed by atoms with van der Waals surface area (Å²) < 4.78 is 5.81. The second-order valence-electron chi connectivity index (χ2n) is 3.41. The summed E-state index contributed by atoms with van der Waals surface area (Å²) >= 11 is 5.04. The first-order valence-electron chi connectivity index (χ1n) is 4.95. The fourth-order valence-electron chi connectivity index (χ4n) is 1.44. The average molecular weight is 232 g/mol. The predicted octanol–water partition coefficient (Wildman–Crippen LogP) is 2.74. The molecule has 0 unspecified atom stereocenters. The maximum absolute atomic E-state index is 5.10. The predicted molar refractivity (Wildman–Crippen MR) is 65.2 cm³/mol. The molecule has 0 aliphatic rings. The van der Waals surface area contributed by atoms with E-state index in [1.165, 1.54) is 5.56 Å². The summed E-state index contributed by atoms with van der Waals surface area (Å²) in [6.07, 6.45) is 2.46. The lowest BCUT2D eigenvalue weighted by Crippen LogP contribution is -1.95. The molecule has 2 aromatic rings. The van der Waals surface area contributed by atoms with E-state index in [2.05, 4.69) is 9.97 Å². The lowest BCUT2D eigenvalue weighted by molar-refractivity contribution is 0.414. The van der Waals surface area contributed by atoms with E-state index in [1.54, 1.807) is 19.4 Å². The first-order chi connectivity index (χ1) is 7.78. The number of aromatic amines is 1. The van der Waals surface area contributed by atoms with Gasteiger partial charge in [0.2, 0.25) is 0 Å². The van der Waals surface area contributed by atoms with Gasteiger partial charge < -0.3 is 9.72 Å². The van der Waals surface area contributed by atoms with E-state index in [0.717, 1.165) is 18.0 Å². The van der Waals surface area contributed by atoms with Gasteiger partial charge in [-0.1, -0.05) is 24.4 Å². The minimum Gasteiger partial charge on any atom is -0.497 e. The number of H-pyrrole nitrogens is 1. The van der Waals surface area contributed by atoms with E-state index in [4.69, 9.17) is 17.0 Å². The van der Waals surface area contributed by atoms with Gasteiger partial charge in [0.15, 0.2) is 0 Å². The number of aromatic nitrogens is 2. The Hall–Kier alpha value is -1.68. The third-order valence-corrected chi connectivity index (χ3v) is 2.49. The molecule has 0 atom stereocenters. The summed E-state index contributed by atoms with van der Waals surface area (Å²) in [5.41, 5.74) is 1.17. The number of rotatable bonds is 3. The first-order valence-corrected chi connectivity index (χ1v) is 5.36. The van der Waals surface area contributed by atoms with Crippen LogP contribution in [0.1, 0.15) is 11.4 Å². The highest BCUT2D eigenvalue weighted by atomic mass is 32.1. The number of hydrogen-bond acceptors (Lipinski definition) is 3. The third kappa shape index (κ3) is 2.67. The van der Waals surface area contributed by atoms with Crippen LogP contribution in [0, 0.1) is 4.64 Å². The lowest BCUT2D eigenvalue weighted by atomic mass is 10.1. The Labute approximate surface area is 99.1 Å². The van der Waals surface area contributed by atoms with Crippen molar-refractivity contribution in [2.24, 2.45) is 0 Å². The second-order valence-corrected chi connectivity index (χ2v) is 3.85. The number of nitrogens with zero attached hydrogens (tertiary/aromatic N) is 1. The Morgan fingerprint density at radius 1 is 1.25 bits per heavy atom. The van der Waals surface area contributed by atoms with Crippen LogP contribution in [0.4, 0.5) is 0 Å². The van der Waals surface area contributed by atoms with Gasteiger partial charge in [0.25, 0.3) is 0 Å². The normalized spacial score (nSPS) is 10.1. The summed E-state index contributed by atoms with van der Waals surface area (Å²) in [6, 6.07) is 9.68. The van der Waals surface area contributed by atoms with Crippen molar-refractivity contribution in [3.63, 3.8) is 0 Å². The molecule has 3 nitrogen and oxygen atoms in total. The monoisotopic (exact) mass is 232 g/mol. The van der Waals surface area contributed by atoms with Gasteiger partial charge in [0.1, 0.15) is 16.2 Å². The number of nitrogens with one attached hydrogen (secondary N) is 1. The molecule has 1 heterocycles. The standard InChI is InChI=1S/C12H12N2OS/c1-15-10-4-2-9(3-5-10)8-11-13-7-6-12(16)14-11/h2-7H,8H2,1H3,(H,13,14,16). The van der Waals surface area contributed by atoms with Crippen molar-refractivity contribution in [1.29, 1.82) is 0 Å². The van der Waals surface area contributed by atoms with Crippen molar-refractivity contribution in [2.45, 2.75) is 6.42 Å². The van der Waals surface area contributed by atoms with Crippen LogP contribution in [0.3, 0.4) is 0 Å². The van der Waals surface area contributed by atoms with E-state index in [9.17, 15) is 0 Å². The van der Waals surface area contributed by atoms with Gasteiger partial charge in [-0.3, -0.25) is 0 Å². The topological polar surface area (TPSA) is 37.9 Å². The molecule has 0 aliphatic carbocycles. The van der Waals surface area contributed by atoms with Crippen LogP contribution in [-0.4, -0.2) is 17.1 Å². The van der Waals surface area contributed by atoms with Crippen LogP contribution in [0.15, 0.2) is 36.5 Å². The van der Waals surface area contributed by atoms with Crippen molar-refractivity contribution >= 4 is 12.2 Å². The second kappa shape index (κ2) is 4.90. The van der Waals surface area contributed by atoms with E-state index in [-0.39, 0.29) is 0 Å². The van der Waals surface area contributed by atoms with Gasteiger partial charge in [-0.05, 0) is 23.8 Å². The molecule has 0 radical (unpaired) electrons. The molecule has 0 spiro atoms. The summed E-state index contributed by atoms with van der Waals surface area (Å²) in [6.45, 7) is 0. The van der Waals surface area contributed by atoms with Crippen molar-refractivity contribution < 1.29 is 4.74 Å². The van der Waals surface area contributed by atoms with Crippen LogP contribution >= 0.6 is 12.2 Å². The molecule has 2 rings (SSSR count). The molecule has 0 saturated carbocycles. The summed E-state index contributed by atoms with van der Waals surface area (Å²) in [5, 5.41) is 0. The summed E-state index contributed by atoms with van der Waals surface area (Å²) in [4.78, 5) is 7.28. The number of methoxy groups -OCH3 is 1. The highest BCUT2D eigenvalue weighted by Crippen LogP contribution is 2.13. The molecule has 4 heteroatoms. The smallest absolute Gasteiger partial charge is 0.118 e. The highest BCUT2D eigenvalue weighted by Gasteiger charge is 1.98. The Morgan fingerprint density at radius 3 is 2.62 bits per heavy atom. The molecular weight excluding hydrogens is 220 g/mol. The number of benzene rings is 1. The van der Waals surface area contributed by atoms with E-state index < -0.39 is 0 Å². The van der Waals surface area contributed by atoms with Crippen LogP contribution in [0.5, 0.6) is 5.75 Å². The zero-order chi connectivity index (χ0) is 11.4. The molecule has 82 valence electrons. The fraction of sp³-hybridized carbons (Fsp3) is 0.167. The van der Waals surface area contributed by atoms with Gasteiger partial charge in [0, 0.05) is 12.6 Å². The Balaban J connectivity index is 2.17. The maximum Gasteiger partial charge on any atom is 0.118 e. The zero-order valence-corrected chi connectivity index (χ0v) is 9.75. The molecule has 16 heavy (non-hydrogen) atoms. The van der Waals surface area contributed by atoms with E-state index in [1.807, 2.05) is 24.3 Å². The Morgan fingerprint density at radius 2 is 2.00 bits per heavy atom. The minimum absolute atomic E-state index is 0.707. The van der Waals surface area contributed by atoms with Crippen molar-refractivity contribution in [3.05, 3.63) is 52.6 Å². The minimum atomic E-state index is 0.707. The molecule has 0 fully saturated rings. The quantitative estimate of drug-likeness (QED) is 0.827. The van der Waals surface area contributed by atoms with Gasteiger partial charge >= 0.3 is 0 Å². The third-order valence-electron chi connectivity index (χ3n) is 2.25. The van der Waals surface area contributed by atoms with Crippen molar-refractivity contribution in [2.75, 3.05) is 7.11 Å². The molecule has 1 N–H and O–H groups in total. The lowest BCUT2D eigenvalue weighted by Gasteiger charge is -2.03. The first kappa shape index (κ1) is 10.8. The number of ether oxygens (including phenoxy) is 1. The zero-order valence-electron chi connectivity index (χ0n) is 8.93. The van der Waals surface area contributed by atoms with Gasteiger partial charge in [0.05, 0.1) is 7.11 Å². The van der Waals surface area contributed by atoms with E-state index >= 15 is 0 Å². The fourth-order valence-corrected chi connectivity index (χ4v) is 1.62. The molecular formula is C12H12N2OS. The molecule has 0 bridgehead atoms. The maximum atomic E-state index is 5.10. The Kier molecular flexibility index (Phi) is 3.31. The van der Waals surface area contributed by atoms with Crippen LogP contribution in [-0.2, 0) is 6.42 Å². The largest absolute Gasteiger partial charge is 0.497 e. The van der Waals surface area contributed by atoms with Gasteiger partial charge in [-0.15, -0.1) is 0 Å². The average Bonchev–Trinajstić information content (AvgIpc) is 2.30. The van der Waals surface area contributed by atoms with Crippen LogP contribution in [0.25, 0.3) is 0 Å². The molecule has 1 aromatic heterocycles. The molecule has 0 aliphatic heterocycles. The summed E-state index contributed by atoms with van der Waals surface area (Å²) in [7, 11) is 1.66. The van der Waals surface area contributed by atoms with Crippen molar-refractivity contribution in [3.8, 4) is 5.75 Å². The van der Waals surface area contributed by atoms with Crippen LogP contribution < -0.4 is 4.74 Å². The highest BCUT2D eigenvalue weighted by molar-refractivity contribution is 7.71. The Bertz CT molecular complexity index is 519. The van der Waals surface area contributed by atoms with Crippen LogP contribution in [0.2, 0.25) is 0 Å². The molecule has 0 amide bonds. The number of hydrogen-bond donors (Lipinski definition) is 1. The molecule has 1 aromatic carbocycles. The molecule has 0 saturated heterocycles. The van der Waals surface area contributed by atoms with E-state index in [0.29, 0.717) is 4.64 Å². The SMILES string of the molecule is COc1ccc(Cc2nccc(=S)[nH]2)cc1. The van der Waals surface area contributed by atoms with Gasteiger partial charge in [-0.2, -0.15) is 0 Å². The summed E-state index contributed by atoms with van der Waals surface area (Å²) in [5.74, 6) is 1.73. The van der Waals surface area contributed by atoms with Gasteiger partial charge in [-0.25, -0.2) is 4.98 Å². The van der Waals surface area contributed by atoms with Crippen molar-refractivity contribution in [1.82, 2.24) is 9.97 Å².